The van der Waals surface area contributed by atoms with E-state index in [1.54, 1.807) is 0 Å². The molecule has 0 radical (unpaired) electrons. The van der Waals surface area contributed by atoms with Gasteiger partial charge in [-0.1, -0.05) is 13.3 Å². The minimum Gasteiger partial charge on any atom is -0.391 e. The fourth-order valence-corrected chi connectivity index (χ4v) is 1.39. The molecular formula is C12H15FN2O. The molecule has 0 aromatic heterocycles. The molecule has 86 valence electrons. The van der Waals surface area contributed by atoms with Crippen molar-refractivity contribution in [2.24, 2.45) is 0 Å². The van der Waals surface area contributed by atoms with Crippen LogP contribution in [0.2, 0.25) is 0 Å². The van der Waals surface area contributed by atoms with E-state index in [0.29, 0.717) is 18.7 Å². The third-order valence-corrected chi connectivity index (χ3v) is 2.25. The minimum absolute atomic E-state index is 0.289. The van der Waals surface area contributed by atoms with E-state index >= 15 is 0 Å². The van der Waals surface area contributed by atoms with E-state index in [2.05, 4.69) is 5.32 Å². The molecule has 1 aromatic carbocycles. The average Bonchev–Trinajstić information content (AvgIpc) is 2.27. The first-order chi connectivity index (χ1) is 7.67. The number of anilines is 1. The molecule has 0 amide bonds. The Hall–Kier alpha value is -1.60. The Kier molecular flexibility index (Phi) is 4.74. The first kappa shape index (κ1) is 12.5. The molecule has 0 spiro atoms. The third-order valence-electron chi connectivity index (χ3n) is 2.25. The number of hydrogen-bond acceptors (Lipinski definition) is 3. The van der Waals surface area contributed by atoms with Gasteiger partial charge in [-0.15, -0.1) is 0 Å². The summed E-state index contributed by atoms with van der Waals surface area (Å²) in [5.74, 6) is -0.470. The van der Waals surface area contributed by atoms with Crippen LogP contribution in [0.4, 0.5) is 10.1 Å². The first-order valence-corrected chi connectivity index (χ1v) is 5.29. The molecule has 1 aromatic rings. The van der Waals surface area contributed by atoms with Crippen LogP contribution in [0.15, 0.2) is 18.2 Å². The van der Waals surface area contributed by atoms with Crippen molar-refractivity contribution in [3.05, 3.63) is 29.6 Å². The van der Waals surface area contributed by atoms with Crippen LogP contribution in [0.1, 0.15) is 25.3 Å². The number of aliphatic hydroxyl groups is 1. The average molecular weight is 222 g/mol. The molecular weight excluding hydrogens is 207 g/mol. The third kappa shape index (κ3) is 3.52. The molecule has 0 heterocycles. The molecule has 0 aliphatic carbocycles. The van der Waals surface area contributed by atoms with E-state index < -0.39 is 11.9 Å². The summed E-state index contributed by atoms with van der Waals surface area (Å²) in [6.45, 7) is 2.29. The smallest absolute Gasteiger partial charge is 0.147 e. The maximum Gasteiger partial charge on any atom is 0.147 e. The fourth-order valence-electron chi connectivity index (χ4n) is 1.39. The van der Waals surface area contributed by atoms with Gasteiger partial charge in [0.05, 0.1) is 23.4 Å². The quantitative estimate of drug-likeness (QED) is 0.803. The monoisotopic (exact) mass is 222 g/mol. The molecule has 0 saturated carbocycles. The van der Waals surface area contributed by atoms with Crippen molar-refractivity contribution >= 4 is 5.69 Å². The molecule has 0 saturated heterocycles. The van der Waals surface area contributed by atoms with Crippen LogP contribution in [-0.4, -0.2) is 17.8 Å². The van der Waals surface area contributed by atoms with E-state index in [1.807, 2.05) is 13.0 Å². The molecule has 1 unspecified atom stereocenters. The molecule has 0 aliphatic rings. The zero-order chi connectivity index (χ0) is 12.0. The van der Waals surface area contributed by atoms with Crippen LogP contribution in [0.5, 0.6) is 0 Å². The predicted molar refractivity (Wildman–Crippen MR) is 60.5 cm³/mol. The van der Waals surface area contributed by atoms with Gasteiger partial charge in [0.15, 0.2) is 0 Å². The fraction of sp³-hybridized carbons (Fsp3) is 0.417. The molecule has 4 heteroatoms. The summed E-state index contributed by atoms with van der Waals surface area (Å²) < 4.78 is 13.4. The molecule has 1 rings (SSSR count). The minimum atomic E-state index is -0.472. The standard InChI is InChI=1S/C12H15FN2O/c1-2-3-10(16)8-15-12-5-4-9(7-14)6-11(12)13/h4-6,10,15-16H,2-3,8H2,1H3. The number of halogens is 1. The molecule has 0 aliphatic heterocycles. The zero-order valence-corrected chi connectivity index (χ0v) is 9.20. The summed E-state index contributed by atoms with van der Waals surface area (Å²) in [7, 11) is 0. The Balaban J connectivity index is 2.58. The first-order valence-electron chi connectivity index (χ1n) is 5.29. The topological polar surface area (TPSA) is 56.0 Å². The van der Waals surface area contributed by atoms with Crippen molar-refractivity contribution in [1.29, 1.82) is 5.26 Å². The zero-order valence-electron chi connectivity index (χ0n) is 9.20. The van der Waals surface area contributed by atoms with E-state index in [-0.39, 0.29) is 5.56 Å². The molecule has 2 N–H and O–H groups in total. The highest BCUT2D eigenvalue weighted by atomic mass is 19.1. The van der Waals surface area contributed by atoms with Gasteiger partial charge in [0, 0.05) is 6.54 Å². The second kappa shape index (κ2) is 6.09. The van der Waals surface area contributed by atoms with Gasteiger partial charge in [-0.25, -0.2) is 4.39 Å². The Morgan fingerprint density at radius 3 is 2.88 bits per heavy atom. The number of nitrogens with zero attached hydrogens (tertiary/aromatic N) is 1. The molecule has 1 atom stereocenters. The van der Waals surface area contributed by atoms with Gasteiger partial charge in [-0.3, -0.25) is 0 Å². The van der Waals surface area contributed by atoms with Gasteiger partial charge >= 0.3 is 0 Å². The summed E-state index contributed by atoms with van der Waals surface area (Å²) in [5, 5.41) is 20.8. The second-order valence-corrected chi connectivity index (χ2v) is 3.63. The van der Waals surface area contributed by atoms with Crippen LogP contribution in [0, 0.1) is 17.1 Å². The Labute approximate surface area is 94.5 Å². The van der Waals surface area contributed by atoms with Crippen LogP contribution < -0.4 is 5.32 Å². The predicted octanol–water partition coefficient (Wildman–Crippen LogP) is 2.27. The Morgan fingerprint density at radius 1 is 1.56 bits per heavy atom. The van der Waals surface area contributed by atoms with Crippen molar-refractivity contribution < 1.29 is 9.50 Å². The largest absolute Gasteiger partial charge is 0.391 e. The van der Waals surface area contributed by atoms with E-state index in [4.69, 9.17) is 5.26 Å². The van der Waals surface area contributed by atoms with Crippen molar-refractivity contribution in [3.8, 4) is 6.07 Å². The van der Waals surface area contributed by atoms with E-state index in [1.165, 1.54) is 18.2 Å². The summed E-state index contributed by atoms with van der Waals surface area (Å²) in [6, 6.07) is 6.08. The van der Waals surface area contributed by atoms with Crippen LogP contribution in [0.25, 0.3) is 0 Å². The maximum atomic E-state index is 13.4. The lowest BCUT2D eigenvalue weighted by Gasteiger charge is -2.12. The highest BCUT2D eigenvalue weighted by Gasteiger charge is 2.06. The maximum absolute atomic E-state index is 13.4. The van der Waals surface area contributed by atoms with Crippen molar-refractivity contribution in [2.45, 2.75) is 25.9 Å². The van der Waals surface area contributed by atoms with Crippen LogP contribution >= 0.6 is 0 Å². The number of nitriles is 1. The van der Waals surface area contributed by atoms with Crippen molar-refractivity contribution in [3.63, 3.8) is 0 Å². The van der Waals surface area contributed by atoms with Crippen LogP contribution in [0.3, 0.4) is 0 Å². The van der Waals surface area contributed by atoms with Gasteiger partial charge in [-0.05, 0) is 24.6 Å². The second-order valence-electron chi connectivity index (χ2n) is 3.63. The van der Waals surface area contributed by atoms with Crippen molar-refractivity contribution in [1.82, 2.24) is 0 Å². The normalized spacial score (nSPS) is 11.9. The lowest BCUT2D eigenvalue weighted by atomic mass is 10.2. The van der Waals surface area contributed by atoms with Gasteiger partial charge in [0.2, 0.25) is 0 Å². The SMILES string of the molecule is CCCC(O)CNc1ccc(C#N)cc1F. The summed E-state index contributed by atoms with van der Waals surface area (Å²) in [6.07, 6.45) is 1.10. The number of rotatable bonds is 5. The van der Waals surface area contributed by atoms with Crippen molar-refractivity contribution in [2.75, 3.05) is 11.9 Å². The summed E-state index contributed by atoms with van der Waals surface area (Å²) in [5.41, 5.74) is 0.603. The summed E-state index contributed by atoms with van der Waals surface area (Å²) >= 11 is 0. The van der Waals surface area contributed by atoms with E-state index in [9.17, 15) is 9.50 Å². The van der Waals surface area contributed by atoms with Crippen LogP contribution in [-0.2, 0) is 0 Å². The summed E-state index contributed by atoms with van der Waals surface area (Å²) in [4.78, 5) is 0. The van der Waals surface area contributed by atoms with Gasteiger partial charge in [-0.2, -0.15) is 5.26 Å². The number of aliphatic hydroxyl groups excluding tert-OH is 1. The Morgan fingerprint density at radius 2 is 2.31 bits per heavy atom. The van der Waals surface area contributed by atoms with E-state index in [0.717, 1.165) is 6.42 Å². The highest BCUT2D eigenvalue weighted by Crippen LogP contribution is 2.15. The molecule has 3 nitrogen and oxygen atoms in total. The van der Waals surface area contributed by atoms with Gasteiger partial charge < -0.3 is 10.4 Å². The lowest BCUT2D eigenvalue weighted by Crippen LogP contribution is -2.19. The Bertz CT molecular complexity index is 387. The number of benzene rings is 1. The molecule has 0 fully saturated rings. The van der Waals surface area contributed by atoms with Gasteiger partial charge in [0.25, 0.3) is 0 Å². The molecule has 16 heavy (non-hydrogen) atoms. The lowest BCUT2D eigenvalue weighted by molar-refractivity contribution is 0.176. The number of hydrogen-bond donors (Lipinski definition) is 2. The van der Waals surface area contributed by atoms with Gasteiger partial charge in [0.1, 0.15) is 5.82 Å². The molecule has 0 bridgehead atoms. The number of nitrogens with one attached hydrogen (secondary N) is 1. The highest BCUT2D eigenvalue weighted by molar-refractivity contribution is 5.48.